The topological polar surface area (TPSA) is 81.0 Å². The standard InChI is InChI=1S/C21H26N2O5/c24-19(17-13-16-3-1-2-4-18(16)28-20(17)25)22-14-21(5-9-26-10-6-21)15-23-7-11-27-12-8-23/h1-4,13H,5-12,14-15H2,(H,22,24). The van der Waals surface area contributed by atoms with Gasteiger partial charge in [-0.1, -0.05) is 18.2 Å². The highest BCUT2D eigenvalue weighted by Gasteiger charge is 2.35. The van der Waals surface area contributed by atoms with Crippen LogP contribution in [0.25, 0.3) is 11.0 Å². The fraction of sp³-hybridized carbons (Fsp3) is 0.524. The first-order valence-electron chi connectivity index (χ1n) is 9.84. The molecule has 28 heavy (non-hydrogen) atoms. The summed E-state index contributed by atoms with van der Waals surface area (Å²) < 4.78 is 16.3. The molecule has 3 heterocycles. The van der Waals surface area contributed by atoms with Crippen molar-refractivity contribution in [3.8, 4) is 0 Å². The molecule has 0 unspecified atom stereocenters. The molecule has 2 saturated heterocycles. The predicted octanol–water partition coefficient (Wildman–Crippen LogP) is 1.65. The third kappa shape index (κ3) is 4.27. The number of rotatable bonds is 5. The smallest absolute Gasteiger partial charge is 0.349 e. The summed E-state index contributed by atoms with van der Waals surface area (Å²) in [4.78, 5) is 27.4. The summed E-state index contributed by atoms with van der Waals surface area (Å²) in [5, 5.41) is 3.73. The normalized spacial score (nSPS) is 20.1. The van der Waals surface area contributed by atoms with Crippen molar-refractivity contribution < 1.29 is 18.7 Å². The number of carbonyl (C=O) groups excluding carboxylic acids is 1. The Labute approximate surface area is 163 Å². The second-order valence-electron chi connectivity index (χ2n) is 7.67. The van der Waals surface area contributed by atoms with Crippen LogP contribution in [0.1, 0.15) is 23.2 Å². The lowest BCUT2D eigenvalue weighted by atomic mass is 9.79. The minimum absolute atomic E-state index is 0.0484. The third-order valence-electron chi connectivity index (χ3n) is 5.73. The van der Waals surface area contributed by atoms with Crippen LogP contribution in [0, 0.1) is 5.41 Å². The van der Waals surface area contributed by atoms with Gasteiger partial charge < -0.3 is 19.2 Å². The van der Waals surface area contributed by atoms with Crippen molar-refractivity contribution in [2.75, 3.05) is 52.6 Å². The van der Waals surface area contributed by atoms with Crippen molar-refractivity contribution >= 4 is 16.9 Å². The molecule has 0 radical (unpaired) electrons. The minimum Gasteiger partial charge on any atom is -0.422 e. The molecule has 1 aromatic heterocycles. The highest BCUT2D eigenvalue weighted by atomic mass is 16.5. The van der Waals surface area contributed by atoms with Gasteiger partial charge in [0.15, 0.2) is 0 Å². The van der Waals surface area contributed by atoms with Gasteiger partial charge in [0.25, 0.3) is 5.91 Å². The molecule has 2 aromatic rings. The number of nitrogens with one attached hydrogen (secondary N) is 1. The maximum Gasteiger partial charge on any atom is 0.349 e. The van der Waals surface area contributed by atoms with E-state index in [9.17, 15) is 9.59 Å². The van der Waals surface area contributed by atoms with Crippen molar-refractivity contribution in [1.82, 2.24) is 10.2 Å². The van der Waals surface area contributed by atoms with Gasteiger partial charge in [-0.25, -0.2) is 4.79 Å². The molecule has 0 bridgehead atoms. The summed E-state index contributed by atoms with van der Waals surface area (Å²) in [6, 6.07) is 8.80. The van der Waals surface area contributed by atoms with Gasteiger partial charge in [-0.2, -0.15) is 0 Å². The average Bonchev–Trinajstić information content (AvgIpc) is 2.73. The Hall–Kier alpha value is -2.22. The number of ether oxygens (including phenoxy) is 2. The lowest BCUT2D eigenvalue weighted by molar-refractivity contribution is -0.0283. The van der Waals surface area contributed by atoms with E-state index in [0.717, 1.165) is 51.1 Å². The molecule has 1 N–H and O–H groups in total. The molecule has 2 aliphatic heterocycles. The van der Waals surface area contributed by atoms with Gasteiger partial charge in [-0.05, 0) is 25.0 Å². The first-order valence-corrected chi connectivity index (χ1v) is 9.84. The number of hydrogen-bond acceptors (Lipinski definition) is 6. The second-order valence-corrected chi connectivity index (χ2v) is 7.67. The summed E-state index contributed by atoms with van der Waals surface area (Å²) in [5.41, 5.74) is -0.127. The number of morpholine rings is 1. The zero-order valence-electron chi connectivity index (χ0n) is 15.9. The van der Waals surface area contributed by atoms with E-state index in [4.69, 9.17) is 13.9 Å². The minimum atomic E-state index is -0.606. The molecule has 1 amide bonds. The summed E-state index contributed by atoms with van der Waals surface area (Å²) in [6.45, 7) is 6.10. The number of hydrogen-bond donors (Lipinski definition) is 1. The van der Waals surface area contributed by atoms with Crippen molar-refractivity contribution in [2.24, 2.45) is 5.41 Å². The summed E-state index contributed by atoms with van der Waals surface area (Å²) in [5.74, 6) is -0.382. The van der Waals surface area contributed by atoms with Crippen LogP contribution in [0.4, 0.5) is 0 Å². The van der Waals surface area contributed by atoms with E-state index < -0.39 is 5.63 Å². The largest absolute Gasteiger partial charge is 0.422 e. The fourth-order valence-electron chi connectivity index (χ4n) is 4.01. The van der Waals surface area contributed by atoms with Crippen molar-refractivity contribution in [3.63, 3.8) is 0 Å². The highest BCUT2D eigenvalue weighted by Crippen LogP contribution is 2.31. The SMILES string of the molecule is O=C(NCC1(CN2CCOCC2)CCOCC1)c1cc2ccccc2oc1=O. The molecular weight excluding hydrogens is 360 g/mol. The molecule has 0 spiro atoms. The van der Waals surface area contributed by atoms with E-state index in [0.29, 0.717) is 25.3 Å². The zero-order valence-corrected chi connectivity index (χ0v) is 15.9. The number of para-hydroxylation sites is 1. The molecule has 7 heteroatoms. The molecular formula is C21H26N2O5. The molecule has 4 rings (SSSR count). The monoisotopic (exact) mass is 386 g/mol. The predicted molar refractivity (Wildman–Crippen MR) is 105 cm³/mol. The van der Waals surface area contributed by atoms with Gasteiger partial charge in [0.1, 0.15) is 11.1 Å². The Balaban J connectivity index is 1.48. The van der Waals surface area contributed by atoms with Crippen LogP contribution in [0.5, 0.6) is 0 Å². The lowest BCUT2D eigenvalue weighted by Gasteiger charge is -2.42. The van der Waals surface area contributed by atoms with E-state index >= 15 is 0 Å². The first kappa shape index (κ1) is 19.1. The van der Waals surface area contributed by atoms with Gasteiger partial charge >= 0.3 is 5.63 Å². The maximum atomic E-state index is 12.8. The van der Waals surface area contributed by atoms with Crippen LogP contribution in [-0.4, -0.2) is 63.4 Å². The van der Waals surface area contributed by atoms with Gasteiger partial charge in [0, 0.05) is 50.2 Å². The van der Waals surface area contributed by atoms with E-state index in [1.807, 2.05) is 12.1 Å². The Kier molecular flexibility index (Phi) is 5.75. The van der Waals surface area contributed by atoms with Crippen LogP contribution in [0.3, 0.4) is 0 Å². The zero-order chi connectivity index (χ0) is 19.4. The van der Waals surface area contributed by atoms with E-state index in [1.54, 1.807) is 18.2 Å². The van der Waals surface area contributed by atoms with Crippen molar-refractivity contribution in [3.05, 3.63) is 46.3 Å². The Morgan fingerprint density at radius 2 is 1.79 bits per heavy atom. The lowest BCUT2D eigenvalue weighted by Crippen LogP contribution is -2.51. The number of amides is 1. The van der Waals surface area contributed by atoms with E-state index in [2.05, 4.69) is 10.2 Å². The number of fused-ring (bicyclic) bond motifs is 1. The first-order chi connectivity index (χ1) is 13.7. The summed E-state index contributed by atoms with van der Waals surface area (Å²) in [7, 11) is 0. The van der Waals surface area contributed by atoms with Crippen molar-refractivity contribution in [1.29, 1.82) is 0 Å². The van der Waals surface area contributed by atoms with Crippen LogP contribution >= 0.6 is 0 Å². The van der Waals surface area contributed by atoms with Gasteiger partial charge in [0.05, 0.1) is 13.2 Å². The molecule has 0 aliphatic carbocycles. The van der Waals surface area contributed by atoms with Gasteiger partial charge in [-0.15, -0.1) is 0 Å². The van der Waals surface area contributed by atoms with Crippen LogP contribution in [0.2, 0.25) is 0 Å². The molecule has 7 nitrogen and oxygen atoms in total. The molecule has 1 aromatic carbocycles. The molecule has 2 fully saturated rings. The Bertz CT molecular complexity index is 882. The summed E-state index contributed by atoms with van der Waals surface area (Å²) >= 11 is 0. The maximum absolute atomic E-state index is 12.8. The van der Waals surface area contributed by atoms with Crippen molar-refractivity contribution in [2.45, 2.75) is 12.8 Å². The van der Waals surface area contributed by atoms with Gasteiger partial charge in [0.2, 0.25) is 0 Å². The quantitative estimate of drug-likeness (QED) is 0.787. The number of nitrogens with zero attached hydrogens (tertiary/aromatic N) is 1. The second kappa shape index (κ2) is 8.43. The number of carbonyl (C=O) groups is 1. The molecule has 0 atom stereocenters. The van der Waals surface area contributed by atoms with Crippen LogP contribution in [0.15, 0.2) is 39.5 Å². The van der Waals surface area contributed by atoms with E-state index in [1.165, 1.54) is 0 Å². The highest BCUT2D eigenvalue weighted by molar-refractivity contribution is 5.96. The average molecular weight is 386 g/mol. The van der Waals surface area contributed by atoms with Crippen LogP contribution in [-0.2, 0) is 9.47 Å². The molecule has 0 saturated carbocycles. The fourth-order valence-corrected chi connectivity index (χ4v) is 4.01. The molecule has 150 valence electrons. The summed E-state index contributed by atoms with van der Waals surface area (Å²) in [6.07, 6.45) is 1.77. The van der Waals surface area contributed by atoms with Gasteiger partial charge in [-0.3, -0.25) is 9.69 Å². The Morgan fingerprint density at radius 3 is 2.57 bits per heavy atom. The number of benzene rings is 1. The third-order valence-corrected chi connectivity index (χ3v) is 5.73. The van der Waals surface area contributed by atoms with Crippen LogP contribution < -0.4 is 10.9 Å². The molecule has 2 aliphatic rings. The van der Waals surface area contributed by atoms with E-state index in [-0.39, 0.29) is 16.9 Å². The Morgan fingerprint density at radius 1 is 1.07 bits per heavy atom.